The van der Waals surface area contributed by atoms with Crippen LogP contribution in [0.3, 0.4) is 0 Å². The average Bonchev–Trinajstić information content (AvgIpc) is 1.61. The zero-order chi connectivity index (χ0) is 4.83. The van der Waals surface area contributed by atoms with Crippen LogP contribution in [0.1, 0.15) is 19.8 Å². The quantitative estimate of drug-likeness (QED) is 0.420. The van der Waals surface area contributed by atoms with Crippen molar-refractivity contribution in [2.24, 2.45) is 0 Å². The Bertz CT molecular complexity index is 19.5. The molecule has 0 amide bonds. The first-order valence-electron chi connectivity index (χ1n) is 2.23. The fourth-order valence-corrected chi connectivity index (χ4v) is 0.577. The van der Waals surface area contributed by atoms with Gasteiger partial charge in [0.05, 0.1) is 0 Å². The first-order valence-corrected chi connectivity index (χ1v) is 3.22. The minimum atomic E-state index is 0.941. The summed E-state index contributed by atoms with van der Waals surface area (Å²) in [6.45, 7) is 3.10. The van der Waals surface area contributed by atoms with Gasteiger partial charge in [-0.15, -0.1) is 0 Å². The predicted molar refractivity (Wildman–Crippen MR) is 26.6 cm³/mol. The standard InChI is InChI=1S/C4H9O.Ga/c1-2-3-4-5;/h2-4H2,1H3;/q-1;+1. The second-order valence-electron chi connectivity index (χ2n) is 1.22. The van der Waals surface area contributed by atoms with Crippen LogP contribution in [0.5, 0.6) is 0 Å². The summed E-state index contributed by atoms with van der Waals surface area (Å²) in [4.78, 5) is 0. The summed E-state index contributed by atoms with van der Waals surface area (Å²) in [5.74, 6) is 0. The molecule has 34 valence electrons. The molecule has 0 aromatic heterocycles. The summed E-state index contributed by atoms with van der Waals surface area (Å²) >= 11 is 1.36. The van der Waals surface area contributed by atoms with Crippen LogP contribution in [-0.2, 0) is 3.53 Å². The van der Waals surface area contributed by atoms with E-state index in [0.29, 0.717) is 0 Å². The zero-order valence-corrected chi connectivity index (χ0v) is 6.53. The second-order valence-corrected chi connectivity index (χ2v) is 1.92. The Morgan fingerprint density at radius 2 is 2.33 bits per heavy atom. The third-order valence-electron chi connectivity index (χ3n) is 0.616. The molecule has 6 heavy (non-hydrogen) atoms. The SMILES string of the molecule is CCCC[O][Ga]. The Kier molecular flexibility index (Phi) is 6.15. The molecule has 0 aliphatic rings. The van der Waals surface area contributed by atoms with Gasteiger partial charge >= 0.3 is 48.9 Å². The van der Waals surface area contributed by atoms with E-state index in [4.69, 9.17) is 3.53 Å². The molecule has 0 rings (SSSR count). The summed E-state index contributed by atoms with van der Waals surface area (Å²) in [6, 6.07) is 0. The molecule has 0 aromatic rings. The van der Waals surface area contributed by atoms with E-state index in [9.17, 15) is 0 Å². The number of hydrogen-bond acceptors (Lipinski definition) is 1. The van der Waals surface area contributed by atoms with Gasteiger partial charge in [0.1, 0.15) is 0 Å². The maximum absolute atomic E-state index is 4.84. The van der Waals surface area contributed by atoms with Crippen LogP contribution >= 0.6 is 0 Å². The van der Waals surface area contributed by atoms with Crippen molar-refractivity contribution in [2.75, 3.05) is 6.61 Å². The fourth-order valence-electron chi connectivity index (χ4n) is 0.228. The molecule has 0 N–H and O–H groups in total. The monoisotopic (exact) mass is 142 g/mol. The van der Waals surface area contributed by atoms with Gasteiger partial charge in [0, 0.05) is 0 Å². The summed E-state index contributed by atoms with van der Waals surface area (Å²) in [5, 5.41) is 0. The molecule has 2 radical (unpaired) electrons. The van der Waals surface area contributed by atoms with E-state index in [2.05, 4.69) is 6.92 Å². The van der Waals surface area contributed by atoms with Crippen molar-refractivity contribution in [3.05, 3.63) is 0 Å². The Morgan fingerprint density at radius 3 is 2.50 bits per heavy atom. The molecule has 0 spiro atoms. The van der Waals surface area contributed by atoms with Crippen molar-refractivity contribution in [1.29, 1.82) is 0 Å². The van der Waals surface area contributed by atoms with Crippen LogP contribution in [0.4, 0.5) is 0 Å². The molecule has 0 fully saturated rings. The third kappa shape index (κ3) is 4.60. The van der Waals surface area contributed by atoms with E-state index in [-0.39, 0.29) is 0 Å². The average molecular weight is 143 g/mol. The van der Waals surface area contributed by atoms with Gasteiger partial charge < -0.3 is 0 Å². The van der Waals surface area contributed by atoms with E-state index >= 15 is 0 Å². The third-order valence-corrected chi connectivity index (χ3v) is 1.11. The molecule has 0 atom stereocenters. The van der Waals surface area contributed by atoms with Crippen LogP contribution in [0.25, 0.3) is 0 Å². The maximum atomic E-state index is 4.84. The number of rotatable bonds is 3. The molecule has 0 saturated carbocycles. The Labute approximate surface area is 49.4 Å². The van der Waals surface area contributed by atoms with Gasteiger partial charge in [-0.05, 0) is 0 Å². The van der Waals surface area contributed by atoms with Crippen LogP contribution in [0.15, 0.2) is 0 Å². The fraction of sp³-hybridized carbons (Fsp3) is 1.00. The minimum absolute atomic E-state index is 0.941. The van der Waals surface area contributed by atoms with Gasteiger partial charge in [-0.2, -0.15) is 0 Å². The topological polar surface area (TPSA) is 9.23 Å². The van der Waals surface area contributed by atoms with E-state index in [0.717, 1.165) is 6.61 Å². The number of unbranched alkanes of at least 4 members (excludes halogenated alkanes) is 1. The van der Waals surface area contributed by atoms with Crippen LogP contribution in [-0.4, -0.2) is 25.6 Å². The van der Waals surface area contributed by atoms with Crippen LogP contribution in [0.2, 0.25) is 0 Å². The molecule has 0 aliphatic heterocycles. The molecular formula is C4H9GaO. The van der Waals surface area contributed by atoms with E-state index in [1.807, 2.05) is 0 Å². The molecule has 0 heterocycles. The van der Waals surface area contributed by atoms with Crippen molar-refractivity contribution < 1.29 is 3.53 Å². The van der Waals surface area contributed by atoms with Crippen molar-refractivity contribution >= 4 is 19.0 Å². The van der Waals surface area contributed by atoms with E-state index < -0.39 is 0 Å². The van der Waals surface area contributed by atoms with Crippen molar-refractivity contribution in [3.63, 3.8) is 0 Å². The Balaban J connectivity index is 2.34. The van der Waals surface area contributed by atoms with Gasteiger partial charge in [-0.3, -0.25) is 0 Å². The Morgan fingerprint density at radius 1 is 1.67 bits per heavy atom. The molecule has 0 unspecified atom stereocenters. The van der Waals surface area contributed by atoms with E-state index in [1.165, 1.54) is 31.8 Å². The van der Waals surface area contributed by atoms with Crippen molar-refractivity contribution in [3.8, 4) is 0 Å². The van der Waals surface area contributed by atoms with Gasteiger partial charge in [0.25, 0.3) is 0 Å². The molecule has 0 aliphatic carbocycles. The summed E-state index contributed by atoms with van der Waals surface area (Å²) in [6.07, 6.45) is 2.45. The summed E-state index contributed by atoms with van der Waals surface area (Å²) < 4.78 is 4.84. The summed E-state index contributed by atoms with van der Waals surface area (Å²) in [5.41, 5.74) is 0. The molecular weight excluding hydrogens is 134 g/mol. The molecule has 2 heteroatoms. The number of hydrogen-bond donors (Lipinski definition) is 0. The normalized spacial score (nSPS) is 8.83. The van der Waals surface area contributed by atoms with Gasteiger partial charge in [0.15, 0.2) is 0 Å². The first kappa shape index (κ1) is 6.60. The summed E-state index contributed by atoms with van der Waals surface area (Å²) in [7, 11) is 0. The first-order chi connectivity index (χ1) is 2.91. The van der Waals surface area contributed by atoms with Crippen LogP contribution in [0, 0.1) is 0 Å². The second kappa shape index (κ2) is 5.60. The molecule has 0 bridgehead atoms. The zero-order valence-electron chi connectivity index (χ0n) is 4.11. The molecule has 0 aromatic carbocycles. The molecule has 1 nitrogen and oxygen atoms in total. The van der Waals surface area contributed by atoms with Gasteiger partial charge in [-0.25, -0.2) is 0 Å². The van der Waals surface area contributed by atoms with Crippen molar-refractivity contribution in [1.82, 2.24) is 0 Å². The van der Waals surface area contributed by atoms with Gasteiger partial charge in [0.2, 0.25) is 0 Å². The van der Waals surface area contributed by atoms with Gasteiger partial charge in [-0.1, -0.05) is 0 Å². The Hall–Kier alpha value is 0.596. The van der Waals surface area contributed by atoms with Crippen molar-refractivity contribution in [2.45, 2.75) is 19.8 Å². The van der Waals surface area contributed by atoms with Crippen LogP contribution < -0.4 is 0 Å². The van der Waals surface area contributed by atoms with E-state index in [1.54, 1.807) is 0 Å². The molecule has 0 saturated heterocycles. The predicted octanol–water partition coefficient (Wildman–Crippen LogP) is 0.887.